The third-order valence-electron chi connectivity index (χ3n) is 2.20. The summed E-state index contributed by atoms with van der Waals surface area (Å²) >= 11 is 5.86. The van der Waals surface area contributed by atoms with Crippen LogP contribution in [0.2, 0.25) is 0 Å². The van der Waals surface area contributed by atoms with E-state index < -0.39 is 0 Å². The van der Waals surface area contributed by atoms with Crippen LogP contribution in [0, 0.1) is 0 Å². The molecule has 1 aromatic carbocycles. The minimum absolute atomic E-state index is 0.224. The van der Waals surface area contributed by atoms with Crippen LogP contribution in [0.1, 0.15) is 19.4 Å². The molecular formula is C13H19ClO3. The van der Waals surface area contributed by atoms with E-state index in [9.17, 15) is 0 Å². The van der Waals surface area contributed by atoms with Gasteiger partial charge in [0.25, 0.3) is 0 Å². The van der Waals surface area contributed by atoms with Gasteiger partial charge in [0.05, 0.1) is 25.7 Å². The maximum Gasteiger partial charge on any atom is 0.124 e. The van der Waals surface area contributed by atoms with Crippen molar-refractivity contribution in [3.63, 3.8) is 0 Å². The van der Waals surface area contributed by atoms with Gasteiger partial charge in [0.1, 0.15) is 18.1 Å². The lowest BCUT2D eigenvalue weighted by atomic mass is 10.2. The first-order chi connectivity index (χ1) is 8.17. The first-order valence-corrected chi connectivity index (χ1v) is 6.18. The summed E-state index contributed by atoms with van der Waals surface area (Å²) in [6.07, 6.45) is 0.224. The molecule has 0 aliphatic carbocycles. The zero-order valence-corrected chi connectivity index (χ0v) is 11.3. The molecule has 4 heteroatoms. The topological polar surface area (TPSA) is 27.7 Å². The standard InChI is InChI=1S/C13H19ClO3/c1-10(2)16-6-7-17-13-5-4-12(15-3)8-11(13)9-14/h4-5,8,10H,6-7,9H2,1-3H3. The van der Waals surface area contributed by atoms with Gasteiger partial charge in [-0.3, -0.25) is 0 Å². The molecule has 0 spiro atoms. The predicted octanol–water partition coefficient (Wildman–Crippen LogP) is 3.24. The summed E-state index contributed by atoms with van der Waals surface area (Å²) in [5.74, 6) is 1.97. The fourth-order valence-corrected chi connectivity index (χ4v) is 1.57. The first kappa shape index (κ1) is 14.1. The molecule has 0 N–H and O–H groups in total. The van der Waals surface area contributed by atoms with Gasteiger partial charge in [-0.15, -0.1) is 11.6 Å². The van der Waals surface area contributed by atoms with Crippen LogP contribution < -0.4 is 9.47 Å². The Kier molecular flexibility index (Phi) is 6.16. The Morgan fingerprint density at radius 2 is 2.00 bits per heavy atom. The lowest BCUT2D eigenvalue weighted by molar-refractivity contribution is 0.0551. The normalized spacial score (nSPS) is 10.6. The van der Waals surface area contributed by atoms with Crippen LogP contribution in [0.25, 0.3) is 0 Å². The Hall–Kier alpha value is -0.930. The molecule has 17 heavy (non-hydrogen) atoms. The quantitative estimate of drug-likeness (QED) is 0.555. The largest absolute Gasteiger partial charge is 0.497 e. The molecule has 0 unspecified atom stereocenters. The summed E-state index contributed by atoms with van der Waals surface area (Å²) in [6.45, 7) is 5.09. The lowest BCUT2D eigenvalue weighted by Crippen LogP contribution is -2.11. The Morgan fingerprint density at radius 1 is 1.24 bits per heavy atom. The molecular weight excluding hydrogens is 240 g/mol. The Labute approximate surface area is 108 Å². The highest BCUT2D eigenvalue weighted by Crippen LogP contribution is 2.25. The van der Waals surface area contributed by atoms with E-state index in [1.165, 1.54) is 0 Å². The third kappa shape index (κ3) is 4.84. The molecule has 0 fully saturated rings. The van der Waals surface area contributed by atoms with Crippen molar-refractivity contribution in [3.8, 4) is 11.5 Å². The number of ether oxygens (including phenoxy) is 3. The maximum absolute atomic E-state index is 5.86. The highest BCUT2D eigenvalue weighted by molar-refractivity contribution is 6.17. The van der Waals surface area contributed by atoms with Gasteiger partial charge in [-0.1, -0.05) is 0 Å². The summed E-state index contributed by atoms with van der Waals surface area (Å²) in [5.41, 5.74) is 0.926. The maximum atomic E-state index is 5.86. The zero-order chi connectivity index (χ0) is 12.7. The molecule has 0 saturated carbocycles. The summed E-state index contributed by atoms with van der Waals surface area (Å²) in [6, 6.07) is 5.60. The van der Waals surface area contributed by atoms with Gasteiger partial charge in [0, 0.05) is 5.56 Å². The predicted molar refractivity (Wildman–Crippen MR) is 69.1 cm³/mol. The molecule has 0 amide bonds. The highest BCUT2D eigenvalue weighted by Gasteiger charge is 2.05. The van der Waals surface area contributed by atoms with Gasteiger partial charge in [0.15, 0.2) is 0 Å². The van der Waals surface area contributed by atoms with Gasteiger partial charge >= 0.3 is 0 Å². The monoisotopic (exact) mass is 258 g/mol. The van der Waals surface area contributed by atoms with Crippen LogP contribution in [0.3, 0.4) is 0 Å². The summed E-state index contributed by atoms with van der Waals surface area (Å²) < 4.78 is 16.1. The molecule has 0 atom stereocenters. The third-order valence-corrected chi connectivity index (χ3v) is 2.49. The number of rotatable bonds is 7. The summed E-state index contributed by atoms with van der Waals surface area (Å²) in [4.78, 5) is 0. The van der Waals surface area contributed by atoms with Gasteiger partial charge < -0.3 is 14.2 Å². The molecule has 0 saturated heterocycles. The fourth-order valence-electron chi connectivity index (χ4n) is 1.36. The van der Waals surface area contributed by atoms with Crippen molar-refractivity contribution in [2.75, 3.05) is 20.3 Å². The van der Waals surface area contributed by atoms with E-state index in [0.717, 1.165) is 17.1 Å². The van der Waals surface area contributed by atoms with E-state index in [1.54, 1.807) is 7.11 Å². The first-order valence-electron chi connectivity index (χ1n) is 5.64. The molecule has 1 rings (SSSR count). The number of methoxy groups -OCH3 is 1. The number of halogens is 1. The average Bonchev–Trinajstić information content (AvgIpc) is 2.34. The Bertz CT molecular complexity index is 339. The second-order valence-corrected chi connectivity index (χ2v) is 4.14. The van der Waals surface area contributed by atoms with E-state index >= 15 is 0 Å². The van der Waals surface area contributed by atoms with Crippen molar-refractivity contribution < 1.29 is 14.2 Å². The minimum Gasteiger partial charge on any atom is -0.497 e. The van der Waals surface area contributed by atoms with Crippen molar-refractivity contribution in [2.45, 2.75) is 25.8 Å². The van der Waals surface area contributed by atoms with Gasteiger partial charge in [-0.05, 0) is 32.0 Å². The molecule has 1 aromatic rings. The van der Waals surface area contributed by atoms with Crippen LogP contribution >= 0.6 is 11.6 Å². The Morgan fingerprint density at radius 3 is 2.59 bits per heavy atom. The average molecular weight is 259 g/mol. The molecule has 0 bridgehead atoms. The van der Waals surface area contributed by atoms with Crippen LogP contribution in [0.4, 0.5) is 0 Å². The van der Waals surface area contributed by atoms with Crippen molar-refractivity contribution in [1.29, 1.82) is 0 Å². The van der Waals surface area contributed by atoms with E-state index in [2.05, 4.69) is 0 Å². The Balaban J connectivity index is 2.52. The van der Waals surface area contributed by atoms with Gasteiger partial charge in [-0.25, -0.2) is 0 Å². The second kappa shape index (κ2) is 7.41. The van der Waals surface area contributed by atoms with E-state index in [1.807, 2.05) is 32.0 Å². The molecule has 0 heterocycles. The van der Waals surface area contributed by atoms with Gasteiger partial charge in [-0.2, -0.15) is 0 Å². The molecule has 0 aromatic heterocycles. The molecule has 0 aliphatic rings. The van der Waals surface area contributed by atoms with E-state index in [0.29, 0.717) is 19.1 Å². The molecule has 0 aliphatic heterocycles. The van der Waals surface area contributed by atoms with Crippen LogP contribution in [-0.4, -0.2) is 26.4 Å². The molecule has 96 valence electrons. The van der Waals surface area contributed by atoms with Crippen LogP contribution in [-0.2, 0) is 10.6 Å². The molecule has 3 nitrogen and oxygen atoms in total. The smallest absolute Gasteiger partial charge is 0.124 e. The highest BCUT2D eigenvalue weighted by atomic mass is 35.5. The molecule has 0 radical (unpaired) electrons. The second-order valence-electron chi connectivity index (χ2n) is 3.88. The van der Waals surface area contributed by atoms with E-state index in [4.69, 9.17) is 25.8 Å². The number of benzene rings is 1. The number of hydrogen-bond donors (Lipinski definition) is 0. The van der Waals surface area contributed by atoms with Crippen molar-refractivity contribution in [1.82, 2.24) is 0 Å². The van der Waals surface area contributed by atoms with Crippen LogP contribution in [0.15, 0.2) is 18.2 Å². The van der Waals surface area contributed by atoms with Crippen molar-refractivity contribution in [3.05, 3.63) is 23.8 Å². The van der Waals surface area contributed by atoms with E-state index in [-0.39, 0.29) is 6.10 Å². The SMILES string of the molecule is COc1ccc(OCCOC(C)C)c(CCl)c1. The minimum atomic E-state index is 0.224. The number of hydrogen-bond acceptors (Lipinski definition) is 3. The van der Waals surface area contributed by atoms with Crippen LogP contribution in [0.5, 0.6) is 11.5 Å². The summed E-state index contributed by atoms with van der Waals surface area (Å²) in [7, 11) is 1.63. The zero-order valence-electron chi connectivity index (χ0n) is 10.5. The fraction of sp³-hybridized carbons (Fsp3) is 0.538. The van der Waals surface area contributed by atoms with Crippen molar-refractivity contribution in [2.24, 2.45) is 0 Å². The van der Waals surface area contributed by atoms with Gasteiger partial charge in [0.2, 0.25) is 0 Å². The lowest BCUT2D eigenvalue weighted by Gasteiger charge is -2.12. The number of alkyl halides is 1. The summed E-state index contributed by atoms with van der Waals surface area (Å²) in [5, 5.41) is 0. The van der Waals surface area contributed by atoms with Crippen molar-refractivity contribution >= 4 is 11.6 Å².